The summed E-state index contributed by atoms with van der Waals surface area (Å²) in [6, 6.07) is 12.6. The molecular weight excluding hydrogens is 310 g/mol. The van der Waals surface area contributed by atoms with Gasteiger partial charge in [0.05, 0.1) is 18.6 Å². The normalized spacial score (nSPS) is 16.4. The zero-order valence-corrected chi connectivity index (χ0v) is 14.9. The number of pyridine rings is 1. The molecule has 130 valence electrons. The minimum atomic E-state index is -0.601. The SMILES string of the molecule is Cc1ccc(CN(CC(O)c2cccnc2)C2(CC#N)CC2)cc1C. The van der Waals surface area contributed by atoms with Crippen molar-refractivity contribution in [3.63, 3.8) is 0 Å². The lowest BCUT2D eigenvalue weighted by Crippen LogP contribution is -2.39. The molecule has 4 heteroatoms. The van der Waals surface area contributed by atoms with Crippen LogP contribution in [0.2, 0.25) is 0 Å². The molecule has 1 saturated carbocycles. The summed E-state index contributed by atoms with van der Waals surface area (Å²) < 4.78 is 0. The van der Waals surface area contributed by atoms with Crippen LogP contribution in [0.15, 0.2) is 42.7 Å². The highest BCUT2D eigenvalue weighted by atomic mass is 16.3. The van der Waals surface area contributed by atoms with Gasteiger partial charge in [-0.3, -0.25) is 9.88 Å². The molecule has 1 aliphatic rings. The van der Waals surface area contributed by atoms with E-state index in [1.807, 2.05) is 12.1 Å². The number of aryl methyl sites for hydroxylation is 2. The van der Waals surface area contributed by atoms with Gasteiger partial charge in [0.1, 0.15) is 0 Å². The first-order chi connectivity index (χ1) is 12.0. The van der Waals surface area contributed by atoms with E-state index in [-0.39, 0.29) is 5.54 Å². The summed E-state index contributed by atoms with van der Waals surface area (Å²) in [5, 5.41) is 19.9. The van der Waals surface area contributed by atoms with Crippen LogP contribution in [-0.2, 0) is 6.54 Å². The fourth-order valence-corrected chi connectivity index (χ4v) is 3.33. The van der Waals surface area contributed by atoms with Crippen molar-refractivity contribution in [2.75, 3.05) is 6.54 Å². The predicted octanol–water partition coefficient (Wildman–Crippen LogP) is 3.68. The van der Waals surface area contributed by atoms with Crippen LogP contribution in [0.3, 0.4) is 0 Å². The van der Waals surface area contributed by atoms with E-state index in [0.717, 1.165) is 24.9 Å². The minimum absolute atomic E-state index is 0.0866. The van der Waals surface area contributed by atoms with E-state index in [9.17, 15) is 10.4 Å². The molecular formula is C21H25N3O. The molecule has 0 saturated heterocycles. The second-order valence-corrected chi connectivity index (χ2v) is 7.16. The van der Waals surface area contributed by atoms with Crippen LogP contribution in [0.5, 0.6) is 0 Å². The summed E-state index contributed by atoms with van der Waals surface area (Å²) in [5.74, 6) is 0. The number of nitriles is 1. The third-order valence-electron chi connectivity index (χ3n) is 5.31. The molecule has 1 atom stereocenters. The Kier molecular flexibility index (Phi) is 5.17. The fourth-order valence-electron chi connectivity index (χ4n) is 3.33. The smallest absolute Gasteiger partial charge is 0.0932 e. The Balaban J connectivity index is 1.80. The van der Waals surface area contributed by atoms with Crippen LogP contribution < -0.4 is 0 Å². The second kappa shape index (κ2) is 7.35. The Morgan fingerprint density at radius 3 is 2.68 bits per heavy atom. The predicted molar refractivity (Wildman–Crippen MR) is 97.7 cm³/mol. The highest BCUT2D eigenvalue weighted by molar-refractivity contribution is 5.30. The molecule has 1 unspecified atom stereocenters. The van der Waals surface area contributed by atoms with Gasteiger partial charge in [-0.2, -0.15) is 5.26 Å². The zero-order valence-electron chi connectivity index (χ0n) is 14.9. The van der Waals surface area contributed by atoms with E-state index in [4.69, 9.17) is 0 Å². The van der Waals surface area contributed by atoms with Gasteiger partial charge in [0.25, 0.3) is 0 Å². The molecule has 2 aromatic rings. The summed E-state index contributed by atoms with van der Waals surface area (Å²) in [7, 11) is 0. The zero-order chi connectivity index (χ0) is 17.9. The maximum Gasteiger partial charge on any atom is 0.0932 e. The molecule has 1 N–H and O–H groups in total. The van der Waals surface area contributed by atoms with E-state index in [1.165, 1.54) is 16.7 Å². The molecule has 1 aromatic heterocycles. The van der Waals surface area contributed by atoms with Crippen LogP contribution in [0, 0.1) is 25.2 Å². The van der Waals surface area contributed by atoms with Crippen LogP contribution in [0.1, 0.15) is 47.6 Å². The molecule has 1 heterocycles. The van der Waals surface area contributed by atoms with E-state index in [1.54, 1.807) is 12.4 Å². The first-order valence-electron chi connectivity index (χ1n) is 8.80. The second-order valence-electron chi connectivity index (χ2n) is 7.16. The van der Waals surface area contributed by atoms with Gasteiger partial charge in [0.2, 0.25) is 0 Å². The van der Waals surface area contributed by atoms with Crippen LogP contribution >= 0.6 is 0 Å². The number of aliphatic hydroxyl groups excluding tert-OH is 1. The lowest BCUT2D eigenvalue weighted by atomic mass is 10.0. The minimum Gasteiger partial charge on any atom is -0.387 e. The monoisotopic (exact) mass is 335 g/mol. The lowest BCUT2D eigenvalue weighted by Gasteiger charge is -2.32. The Labute approximate surface area is 149 Å². The van der Waals surface area contributed by atoms with Crippen LogP contribution in [-0.4, -0.2) is 27.1 Å². The van der Waals surface area contributed by atoms with Crippen molar-refractivity contribution in [1.82, 2.24) is 9.88 Å². The average molecular weight is 335 g/mol. The van der Waals surface area contributed by atoms with E-state index >= 15 is 0 Å². The van der Waals surface area contributed by atoms with Gasteiger partial charge in [0.15, 0.2) is 0 Å². The van der Waals surface area contributed by atoms with Gasteiger partial charge in [0, 0.05) is 36.6 Å². The topological polar surface area (TPSA) is 60.1 Å². The van der Waals surface area contributed by atoms with Gasteiger partial charge in [-0.05, 0) is 49.4 Å². The number of aromatic nitrogens is 1. The lowest BCUT2D eigenvalue weighted by molar-refractivity contribution is 0.0727. The third-order valence-corrected chi connectivity index (χ3v) is 5.31. The van der Waals surface area contributed by atoms with E-state index in [2.05, 4.69) is 48.0 Å². The Bertz CT molecular complexity index is 762. The number of aliphatic hydroxyl groups is 1. The summed E-state index contributed by atoms with van der Waals surface area (Å²) in [6.07, 6.45) is 5.37. The molecule has 1 aliphatic carbocycles. The van der Waals surface area contributed by atoms with Crippen molar-refractivity contribution in [2.45, 2.75) is 51.3 Å². The molecule has 1 aromatic carbocycles. The number of hydrogen-bond acceptors (Lipinski definition) is 4. The summed E-state index contributed by atoms with van der Waals surface area (Å²) >= 11 is 0. The average Bonchev–Trinajstić information content (AvgIpc) is 3.39. The Morgan fingerprint density at radius 2 is 2.08 bits per heavy atom. The summed E-state index contributed by atoms with van der Waals surface area (Å²) in [6.45, 7) is 5.50. The summed E-state index contributed by atoms with van der Waals surface area (Å²) in [4.78, 5) is 6.39. The van der Waals surface area contributed by atoms with Crippen molar-refractivity contribution >= 4 is 0 Å². The molecule has 0 spiro atoms. The number of benzene rings is 1. The van der Waals surface area contributed by atoms with Crippen LogP contribution in [0.25, 0.3) is 0 Å². The quantitative estimate of drug-likeness (QED) is 0.838. The maximum atomic E-state index is 10.7. The molecule has 0 amide bonds. The largest absolute Gasteiger partial charge is 0.387 e. The first-order valence-corrected chi connectivity index (χ1v) is 8.80. The summed E-state index contributed by atoms with van der Waals surface area (Å²) in [5.41, 5.74) is 4.52. The Hall–Kier alpha value is -2.22. The molecule has 25 heavy (non-hydrogen) atoms. The van der Waals surface area contributed by atoms with Gasteiger partial charge in [-0.15, -0.1) is 0 Å². The molecule has 4 nitrogen and oxygen atoms in total. The van der Waals surface area contributed by atoms with Crippen molar-refractivity contribution in [1.29, 1.82) is 5.26 Å². The molecule has 3 rings (SSSR count). The molecule has 0 bridgehead atoms. The molecule has 0 radical (unpaired) electrons. The number of hydrogen-bond donors (Lipinski definition) is 1. The number of nitrogens with zero attached hydrogens (tertiary/aromatic N) is 3. The number of β-amino-alcohol motifs (C(OH)–C–C–N with tert-alkyl or cyclic N) is 1. The standard InChI is InChI=1S/C21H25N3O/c1-16-5-6-18(12-17(16)2)14-24(21(7-8-21)9-10-22)15-20(25)19-4-3-11-23-13-19/h3-6,11-13,20,25H,7-9,14-15H2,1-2H3. The van der Waals surface area contributed by atoms with E-state index < -0.39 is 6.10 Å². The third kappa shape index (κ3) is 4.07. The van der Waals surface area contributed by atoms with Crippen molar-refractivity contribution < 1.29 is 5.11 Å². The Morgan fingerprint density at radius 1 is 1.28 bits per heavy atom. The molecule has 1 fully saturated rings. The number of rotatable bonds is 7. The van der Waals surface area contributed by atoms with Gasteiger partial charge in [-0.1, -0.05) is 24.3 Å². The van der Waals surface area contributed by atoms with Crippen molar-refractivity contribution in [3.05, 3.63) is 65.0 Å². The van der Waals surface area contributed by atoms with Crippen molar-refractivity contribution in [2.24, 2.45) is 0 Å². The van der Waals surface area contributed by atoms with Crippen LogP contribution in [0.4, 0.5) is 0 Å². The highest BCUT2D eigenvalue weighted by Crippen LogP contribution is 2.46. The highest BCUT2D eigenvalue weighted by Gasteiger charge is 2.48. The van der Waals surface area contributed by atoms with Crippen molar-refractivity contribution in [3.8, 4) is 6.07 Å². The molecule has 0 aliphatic heterocycles. The van der Waals surface area contributed by atoms with Gasteiger partial charge in [-0.25, -0.2) is 0 Å². The van der Waals surface area contributed by atoms with Gasteiger partial charge < -0.3 is 5.11 Å². The van der Waals surface area contributed by atoms with Gasteiger partial charge >= 0.3 is 0 Å². The van der Waals surface area contributed by atoms with E-state index in [0.29, 0.717) is 13.0 Å². The maximum absolute atomic E-state index is 10.7. The fraction of sp³-hybridized carbons (Fsp3) is 0.429. The first kappa shape index (κ1) is 17.6.